The lowest BCUT2D eigenvalue weighted by atomic mass is 10.2. The van der Waals surface area contributed by atoms with E-state index in [1.807, 2.05) is 6.92 Å². The Morgan fingerprint density at radius 2 is 2.04 bits per heavy atom. The van der Waals surface area contributed by atoms with E-state index in [0.717, 1.165) is 18.0 Å². The summed E-state index contributed by atoms with van der Waals surface area (Å²) in [5.74, 6) is -1.11. The smallest absolute Gasteiger partial charge is 0.243 e. The molecule has 0 aliphatic heterocycles. The number of imidazole rings is 1. The number of pyridine rings is 1. The first-order chi connectivity index (χ1) is 13.0. The van der Waals surface area contributed by atoms with Crippen molar-refractivity contribution in [3.63, 3.8) is 0 Å². The number of benzene rings is 1. The lowest BCUT2D eigenvalue weighted by Crippen LogP contribution is -2.31. The van der Waals surface area contributed by atoms with Crippen molar-refractivity contribution < 1.29 is 18.3 Å². The monoisotopic (exact) mass is 372 g/mol. The number of hydrogen-bond donors (Lipinski definition) is 1. The third-order valence-electron chi connectivity index (χ3n) is 4.07. The zero-order valence-electron chi connectivity index (χ0n) is 14.8. The van der Waals surface area contributed by atoms with Gasteiger partial charge >= 0.3 is 0 Å². The van der Waals surface area contributed by atoms with Crippen molar-refractivity contribution in [2.75, 3.05) is 0 Å². The molecule has 0 aliphatic rings. The first-order valence-corrected chi connectivity index (χ1v) is 8.29. The minimum atomic E-state index is -1.01. The summed E-state index contributed by atoms with van der Waals surface area (Å²) in [4.78, 5) is 20.6. The Morgan fingerprint density at radius 1 is 1.22 bits per heavy atom. The second-order valence-corrected chi connectivity index (χ2v) is 5.92. The highest BCUT2D eigenvalue weighted by molar-refractivity contribution is 5.80. The molecule has 3 rings (SSSR count). The predicted molar refractivity (Wildman–Crippen MR) is 94.2 cm³/mol. The highest BCUT2D eigenvalue weighted by atomic mass is 19.2. The minimum Gasteiger partial charge on any atom is -0.439 e. The number of amides is 1. The second-order valence-electron chi connectivity index (χ2n) is 5.92. The van der Waals surface area contributed by atoms with Crippen LogP contribution in [-0.4, -0.2) is 20.4 Å². The number of nitrogens with one attached hydrogen (secondary N) is 1. The summed E-state index contributed by atoms with van der Waals surface area (Å²) in [6.45, 7) is 3.76. The van der Waals surface area contributed by atoms with E-state index in [1.54, 1.807) is 36.0 Å². The Bertz CT molecular complexity index is 958. The van der Waals surface area contributed by atoms with E-state index < -0.39 is 17.7 Å². The van der Waals surface area contributed by atoms with E-state index in [2.05, 4.69) is 15.3 Å². The molecule has 0 aliphatic carbocycles. The van der Waals surface area contributed by atoms with Gasteiger partial charge in [-0.2, -0.15) is 0 Å². The Hall–Kier alpha value is -3.29. The molecule has 2 aromatic heterocycles. The SMILES string of the molecule is Cc1nccn1C(C)C(=O)NCc1cccnc1Oc1ccc(F)c(F)c1. The predicted octanol–water partition coefficient (Wildman–Crippen LogP) is 3.53. The van der Waals surface area contributed by atoms with Gasteiger partial charge in [-0.15, -0.1) is 0 Å². The van der Waals surface area contributed by atoms with Gasteiger partial charge in [0.15, 0.2) is 11.6 Å². The summed E-state index contributed by atoms with van der Waals surface area (Å²) in [5, 5.41) is 2.82. The van der Waals surface area contributed by atoms with Crippen molar-refractivity contribution >= 4 is 5.91 Å². The van der Waals surface area contributed by atoms with Crippen molar-refractivity contribution in [1.82, 2.24) is 19.9 Å². The van der Waals surface area contributed by atoms with Gasteiger partial charge in [-0.05, 0) is 32.0 Å². The van der Waals surface area contributed by atoms with E-state index >= 15 is 0 Å². The van der Waals surface area contributed by atoms with E-state index in [-0.39, 0.29) is 24.1 Å². The normalized spacial score (nSPS) is 11.9. The average molecular weight is 372 g/mol. The molecule has 0 fully saturated rings. The fraction of sp³-hybridized carbons (Fsp3) is 0.211. The molecule has 1 amide bonds. The van der Waals surface area contributed by atoms with Crippen LogP contribution in [0.25, 0.3) is 0 Å². The second kappa shape index (κ2) is 7.94. The largest absolute Gasteiger partial charge is 0.439 e. The molecule has 1 atom stereocenters. The fourth-order valence-corrected chi connectivity index (χ4v) is 2.56. The van der Waals surface area contributed by atoms with Gasteiger partial charge in [-0.3, -0.25) is 4.79 Å². The third-order valence-corrected chi connectivity index (χ3v) is 4.07. The zero-order chi connectivity index (χ0) is 19.4. The Kier molecular flexibility index (Phi) is 5.44. The van der Waals surface area contributed by atoms with Crippen LogP contribution >= 0.6 is 0 Å². The summed E-state index contributed by atoms with van der Waals surface area (Å²) < 4.78 is 33.7. The van der Waals surface area contributed by atoms with Gasteiger partial charge in [0.05, 0.1) is 0 Å². The molecule has 2 heterocycles. The van der Waals surface area contributed by atoms with Gasteiger partial charge in [0.1, 0.15) is 17.6 Å². The van der Waals surface area contributed by atoms with Crippen LogP contribution in [0.2, 0.25) is 0 Å². The van der Waals surface area contributed by atoms with Crippen molar-refractivity contribution in [1.29, 1.82) is 0 Å². The van der Waals surface area contributed by atoms with Crippen LogP contribution in [0.15, 0.2) is 48.9 Å². The summed E-state index contributed by atoms with van der Waals surface area (Å²) >= 11 is 0. The standard InChI is InChI=1S/C19H18F2N4O2/c1-12(25-9-8-22-13(25)2)18(26)24-11-14-4-3-7-23-19(14)27-15-5-6-16(20)17(21)10-15/h3-10,12H,11H2,1-2H3,(H,24,26). The van der Waals surface area contributed by atoms with Crippen molar-refractivity contribution in [3.8, 4) is 11.6 Å². The van der Waals surface area contributed by atoms with Gasteiger partial charge in [0.2, 0.25) is 11.8 Å². The van der Waals surface area contributed by atoms with Crippen molar-refractivity contribution in [2.24, 2.45) is 0 Å². The maximum Gasteiger partial charge on any atom is 0.243 e. The number of nitrogens with zero attached hydrogens (tertiary/aromatic N) is 3. The molecule has 1 aromatic carbocycles. The van der Waals surface area contributed by atoms with Crippen molar-refractivity contribution in [2.45, 2.75) is 26.4 Å². The first kappa shape index (κ1) is 18.5. The molecule has 0 spiro atoms. The number of carbonyl (C=O) groups is 1. The maximum atomic E-state index is 13.4. The minimum absolute atomic E-state index is 0.114. The van der Waals surface area contributed by atoms with Gasteiger partial charge in [-0.25, -0.2) is 18.7 Å². The number of ether oxygens (including phenoxy) is 1. The Labute approximate surface area is 154 Å². The van der Waals surface area contributed by atoms with Crippen LogP contribution in [0, 0.1) is 18.6 Å². The van der Waals surface area contributed by atoms with Crippen LogP contribution in [-0.2, 0) is 11.3 Å². The highest BCUT2D eigenvalue weighted by Gasteiger charge is 2.17. The first-order valence-electron chi connectivity index (χ1n) is 8.29. The molecular formula is C19H18F2N4O2. The van der Waals surface area contributed by atoms with Gasteiger partial charge in [-0.1, -0.05) is 6.07 Å². The number of aromatic nitrogens is 3. The molecule has 0 saturated carbocycles. The third kappa shape index (κ3) is 4.28. The van der Waals surface area contributed by atoms with Crippen LogP contribution in [0.3, 0.4) is 0 Å². The van der Waals surface area contributed by atoms with Crippen LogP contribution in [0.1, 0.15) is 24.4 Å². The van der Waals surface area contributed by atoms with E-state index in [9.17, 15) is 13.6 Å². The number of carbonyl (C=O) groups excluding carboxylic acids is 1. The molecule has 140 valence electrons. The quantitative estimate of drug-likeness (QED) is 0.719. The van der Waals surface area contributed by atoms with Crippen molar-refractivity contribution in [3.05, 3.63) is 71.9 Å². The molecule has 0 bridgehead atoms. The van der Waals surface area contributed by atoms with Gasteiger partial charge < -0.3 is 14.6 Å². The summed E-state index contributed by atoms with van der Waals surface area (Å²) in [6.07, 6.45) is 4.88. The maximum absolute atomic E-state index is 13.4. The van der Waals surface area contributed by atoms with E-state index in [1.165, 1.54) is 12.3 Å². The molecule has 3 aromatic rings. The zero-order valence-corrected chi connectivity index (χ0v) is 14.8. The molecular weight excluding hydrogens is 354 g/mol. The van der Waals surface area contributed by atoms with Crippen LogP contribution in [0.4, 0.5) is 8.78 Å². The summed E-state index contributed by atoms with van der Waals surface area (Å²) in [5.41, 5.74) is 0.602. The number of rotatable bonds is 6. The highest BCUT2D eigenvalue weighted by Crippen LogP contribution is 2.24. The molecule has 6 nitrogen and oxygen atoms in total. The lowest BCUT2D eigenvalue weighted by molar-refractivity contribution is -0.124. The fourth-order valence-electron chi connectivity index (χ4n) is 2.56. The lowest BCUT2D eigenvalue weighted by Gasteiger charge is -2.16. The van der Waals surface area contributed by atoms with Gasteiger partial charge in [0.25, 0.3) is 0 Å². The summed E-state index contributed by atoms with van der Waals surface area (Å²) in [7, 11) is 0. The number of halogens is 2. The molecule has 0 saturated heterocycles. The molecule has 1 N–H and O–H groups in total. The molecule has 0 radical (unpaired) electrons. The van der Waals surface area contributed by atoms with Crippen LogP contribution in [0.5, 0.6) is 11.6 Å². The van der Waals surface area contributed by atoms with Crippen LogP contribution < -0.4 is 10.1 Å². The molecule has 1 unspecified atom stereocenters. The number of hydrogen-bond acceptors (Lipinski definition) is 4. The molecule has 8 heteroatoms. The van der Waals surface area contributed by atoms with E-state index in [4.69, 9.17) is 4.74 Å². The Morgan fingerprint density at radius 3 is 2.74 bits per heavy atom. The topological polar surface area (TPSA) is 69.0 Å². The van der Waals surface area contributed by atoms with Gasteiger partial charge in [0, 0.05) is 36.8 Å². The summed E-state index contributed by atoms with van der Waals surface area (Å²) in [6, 6.07) is 6.22. The number of aryl methyl sites for hydroxylation is 1. The Balaban J connectivity index is 1.69. The van der Waals surface area contributed by atoms with E-state index in [0.29, 0.717) is 5.56 Å². The average Bonchev–Trinajstić information content (AvgIpc) is 3.09. The molecule has 27 heavy (non-hydrogen) atoms.